The van der Waals surface area contributed by atoms with E-state index in [-0.39, 0.29) is 6.09 Å². The molecular weight excluding hydrogens is 246 g/mol. The zero-order valence-electron chi connectivity index (χ0n) is 11.3. The van der Waals surface area contributed by atoms with Crippen molar-refractivity contribution in [2.45, 2.75) is 58.6 Å². The van der Waals surface area contributed by atoms with Crippen LogP contribution in [0.2, 0.25) is 0 Å². The van der Waals surface area contributed by atoms with E-state index in [0.717, 1.165) is 0 Å². The van der Waals surface area contributed by atoms with E-state index in [9.17, 15) is 4.79 Å². The Morgan fingerprint density at radius 1 is 1.39 bits per heavy atom. The second-order valence-corrected chi connectivity index (χ2v) is 6.94. The zero-order valence-corrected chi connectivity index (χ0v) is 12.2. The van der Waals surface area contributed by atoms with E-state index in [1.54, 1.807) is 0 Å². The number of amides is 1. The van der Waals surface area contributed by atoms with Crippen LogP contribution in [0.4, 0.5) is 4.79 Å². The fourth-order valence-electron chi connectivity index (χ4n) is 2.11. The highest BCUT2D eigenvalue weighted by molar-refractivity contribution is 7.12. The number of hydrogen-bond acceptors (Lipinski definition) is 3. The lowest BCUT2D eigenvalue weighted by Crippen LogP contribution is -2.31. The van der Waals surface area contributed by atoms with Crippen molar-refractivity contribution in [3.05, 3.63) is 21.4 Å². The topological polar surface area (TPSA) is 38.3 Å². The Morgan fingerprint density at radius 2 is 2.11 bits per heavy atom. The molecule has 0 fully saturated rings. The SMILES string of the molecule is CC(C)(C)OC(=O)NCc1cc2c(s1)CCCC2. The monoisotopic (exact) mass is 267 g/mol. The summed E-state index contributed by atoms with van der Waals surface area (Å²) in [5, 5.41) is 2.81. The normalized spacial score (nSPS) is 15.1. The molecule has 1 aromatic heterocycles. The van der Waals surface area contributed by atoms with Crippen LogP contribution in [0.5, 0.6) is 0 Å². The number of ether oxygens (including phenoxy) is 1. The van der Waals surface area contributed by atoms with Crippen molar-refractivity contribution in [1.29, 1.82) is 0 Å². The van der Waals surface area contributed by atoms with Gasteiger partial charge in [0.15, 0.2) is 0 Å². The van der Waals surface area contributed by atoms with Crippen molar-refractivity contribution in [1.82, 2.24) is 5.32 Å². The van der Waals surface area contributed by atoms with Gasteiger partial charge in [0, 0.05) is 9.75 Å². The van der Waals surface area contributed by atoms with E-state index < -0.39 is 5.60 Å². The maximum atomic E-state index is 11.5. The average Bonchev–Trinajstić information content (AvgIpc) is 2.66. The number of rotatable bonds is 2. The summed E-state index contributed by atoms with van der Waals surface area (Å²) in [7, 11) is 0. The molecule has 0 radical (unpaired) electrons. The standard InChI is InChI=1S/C14H21NO2S/c1-14(2,3)17-13(16)15-9-11-8-10-6-4-5-7-12(10)18-11/h8H,4-7,9H2,1-3H3,(H,15,16). The number of aryl methyl sites for hydroxylation is 2. The fourth-order valence-corrected chi connectivity index (χ4v) is 3.31. The molecule has 3 nitrogen and oxygen atoms in total. The smallest absolute Gasteiger partial charge is 0.407 e. The van der Waals surface area contributed by atoms with Crippen LogP contribution in [-0.4, -0.2) is 11.7 Å². The molecule has 2 rings (SSSR count). The molecule has 0 atom stereocenters. The quantitative estimate of drug-likeness (QED) is 0.888. The lowest BCUT2D eigenvalue weighted by Gasteiger charge is -2.19. The van der Waals surface area contributed by atoms with Crippen molar-refractivity contribution in [2.24, 2.45) is 0 Å². The van der Waals surface area contributed by atoms with Crippen molar-refractivity contribution >= 4 is 17.4 Å². The first-order chi connectivity index (χ1) is 8.44. The summed E-state index contributed by atoms with van der Waals surface area (Å²) < 4.78 is 5.22. The van der Waals surface area contributed by atoms with Crippen LogP contribution in [0.1, 0.15) is 48.9 Å². The Balaban J connectivity index is 1.87. The number of alkyl carbamates (subject to hydrolysis) is 1. The predicted octanol–water partition coefficient (Wildman–Crippen LogP) is 3.65. The number of thiophene rings is 1. The molecule has 1 aromatic rings. The largest absolute Gasteiger partial charge is 0.444 e. The number of nitrogens with one attached hydrogen (secondary N) is 1. The van der Waals surface area contributed by atoms with Gasteiger partial charge in [-0.25, -0.2) is 4.79 Å². The summed E-state index contributed by atoms with van der Waals surface area (Å²) >= 11 is 1.83. The van der Waals surface area contributed by atoms with E-state index in [1.807, 2.05) is 32.1 Å². The third-order valence-corrected chi connectivity index (χ3v) is 4.09. The molecule has 0 bridgehead atoms. The Hall–Kier alpha value is -1.03. The third kappa shape index (κ3) is 3.73. The van der Waals surface area contributed by atoms with Gasteiger partial charge in [0.1, 0.15) is 5.60 Å². The van der Waals surface area contributed by atoms with Crippen LogP contribution in [0.3, 0.4) is 0 Å². The van der Waals surface area contributed by atoms with E-state index in [1.165, 1.54) is 41.0 Å². The number of carbonyl (C=O) groups is 1. The highest BCUT2D eigenvalue weighted by Gasteiger charge is 2.17. The van der Waals surface area contributed by atoms with Gasteiger partial charge in [-0.2, -0.15) is 0 Å². The highest BCUT2D eigenvalue weighted by atomic mass is 32.1. The van der Waals surface area contributed by atoms with Gasteiger partial charge in [-0.1, -0.05) is 0 Å². The van der Waals surface area contributed by atoms with E-state index in [4.69, 9.17) is 4.74 Å². The molecule has 1 aliphatic carbocycles. The van der Waals surface area contributed by atoms with Gasteiger partial charge in [-0.3, -0.25) is 0 Å². The van der Waals surface area contributed by atoms with Gasteiger partial charge in [0.25, 0.3) is 0 Å². The number of carbonyl (C=O) groups excluding carboxylic acids is 1. The molecule has 1 heterocycles. The average molecular weight is 267 g/mol. The molecule has 0 aliphatic heterocycles. The zero-order chi connectivity index (χ0) is 13.2. The molecule has 1 N–H and O–H groups in total. The Bertz CT molecular complexity index is 408. The van der Waals surface area contributed by atoms with Gasteiger partial charge in [-0.15, -0.1) is 11.3 Å². The van der Waals surface area contributed by atoms with Crippen LogP contribution >= 0.6 is 11.3 Å². The molecule has 0 aromatic carbocycles. The molecular formula is C14H21NO2S. The predicted molar refractivity (Wildman–Crippen MR) is 74.0 cm³/mol. The summed E-state index contributed by atoms with van der Waals surface area (Å²) in [6, 6.07) is 2.23. The number of hydrogen-bond donors (Lipinski definition) is 1. The van der Waals surface area contributed by atoms with Crippen molar-refractivity contribution in [2.75, 3.05) is 0 Å². The van der Waals surface area contributed by atoms with Gasteiger partial charge in [0.2, 0.25) is 0 Å². The molecule has 0 spiro atoms. The highest BCUT2D eigenvalue weighted by Crippen LogP contribution is 2.29. The third-order valence-electron chi connectivity index (χ3n) is 2.85. The van der Waals surface area contributed by atoms with E-state index in [0.29, 0.717) is 6.54 Å². The van der Waals surface area contributed by atoms with Crippen molar-refractivity contribution < 1.29 is 9.53 Å². The summed E-state index contributed by atoms with van der Waals surface area (Å²) in [6.07, 6.45) is 4.65. The molecule has 100 valence electrons. The maximum absolute atomic E-state index is 11.5. The van der Waals surface area contributed by atoms with Crippen molar-refractivity contribution in [3.8, 4) is 0 Å². The summed E-state index contributed by atoms with van der Waals surface area (Å²) in [5.41, 5.74) is 1.05. The van der Waals surface area contributed by atoms with Crippen LogP contribution in [0, 0.1) is 0 Å². The first kappa shape index (κ1) is 13.4. The maximum Gasteiger partial charge on any atom is 0.407 e. The Kier molecular flexibility index (Phi) is 3.95. The summed E-state index contributed by atoms with van der Waals surface area (Å²) in [6.45, 7) is 6.19. The van der Waals surface area contributed by atoms with Crippen LogP contribution < -0.4 is 5.32 Å². The molecule has 1 amide bonds. The van der Waals surface area contributed by atoms with E-state index in [2.05, 4.69) is 11.4 Å². The van der Waals surface area contributed by atoms with Crippen molar-refractivity contribution in [3.63, 3.8) is 0 Å². The van der Waals surface area contributed by atoms with Gasteiger partial charge >= 0.3 is 6.09 Å². The van der Waals surface area contributed by atoms with E-state index >= 15 is 0 Å². The summed E-state index contributed by atoms with van der Waals surface area (Å²) in [5.74, 6) is 0. The van der Waals surface area contributed by atoms with Gasteiger partial charge in [-0.05, 0) is 58.1 Å². The van der Waals surface area contributed by atoms with Crippen LogP contribution in [0.25, 0.3) is 0 Å². The lowest BCUT2D eigenvalue weighted by atomic mass is 9.99. The molecule has 4 heteroatoms. The Morgan fingerprint density at radius 3 is 2.78 bits per heavy atom. The minimum absolute atomic E-state index is 0.339. The fraction of sp³-hybridized carbons (Fsp3) is 0.643. The van der Waals surface area contributed by atoms with Crippen LogP contribution in [0.15, 0.2) is 6.07 Å². The lowest BCUT2D eigenvalue weighted by molar-refractivity contribution is 0.0524. The van der Waals surface area contributed by atoms with Gasteiger partial charge in [0.05, 0.1) is 6.54 Å². The molecule has 0 unspecified atom stereocenters. The number of fused-ring (bicyclic) bond motifs is 1. The molecule has 0 saturated heterocycles. The van der Waals surface area contributed by atoms with Crippen LogP contribution in [-0.2, 0) is 24.1 Å². The first-order valence-corrected chi connectivity index (χ1v) is 7.33. The first-order valence-electron chi connectivity index (χ1n) is 6.51. The minimum atomic E-state index is -0.432. The molecule has 0 saturated carbocycles. The molecule has 1 aliphatic rings. The second kappa shape index (κ2) is 5.31. The Labute approximate surface area is 113 Å². The summed E-state index contributed by atoms with van der Waals surface area (Å²) in [4.78, 5) is 14.3. The van der Waals surface area contributed by atoms with Gasteiger partial charge < -0.3 is 10.1 Å². The minimum Gasteiger partial charge on any atom is -0.444 e. The second-order valence-electron chi connectivity index (χ2n) is 5.72. The molecule has 18 heavy (non-hydrogen) atoms.